The maximum absolute atomic E-state index is 12.2. The van der Waals surface area contributed by atoms with E-state index in [9.17, 15) is 4.79 Å². The number of likely N-dealkylation sites (tertiary alicyclic amines) is 1. The number of carbonyl (C=O) groups excluding carboxylic acids is 1. The second-order valence-corrected chi connectivity index (χ2v) is 7.11. The predicted octanol–water partition coefficient (Wildman–Crippen LogP) is 2.78. The summed E-state index contributed by atoms with van der Waals surface area (Å²) in [6, 6.07) is 0.421. The standard InChI is InChI=1S/C17H30N4O2/c1-5-20-12-9-18-15(20)13-19-14-7-6-10-21(11-8-14)16(22)23-17(2,3)4/h9,12,14,19H,5-8,10-11,13H2,1-4H3. The number of amides is 1. The van der Waals surface area contributed by atoms with Crippen molar-refractivity contribution < 1.29 is 9.53 Å². The molecule has 0 saturated carbocycles. The first kappa shape index (κ1) is 17.8. The minimum absolute atomic E-state index is 0.195. The van der Waals surface area contributed by atoms with Crippen LogP contribution in [-0.4, -0.2) is 45.3 Å². The van der Waals surface area contributed by atoms with Gasteiger partial charge in [0.05, 0.1) is 6.54 Å². The topological polar surface area (TPSA) is 59.4 Å². The van der Waals surface area contributed by atoms with Crippen molar-refractivity contribution in [1.82, 2.24) is 19.8 Å². The molecular formula is C17H30N4O2. The molecule has 1 aliphatic rings. The van der Waals surface area contributed by atoms with Crippen molar-refractivity contribution in [3.63, 3.8) is 0 Å². The lowest BCUT2D eigenvalue weighted by molar-refractivity contribution is 0.0256. The highest BCUT2D eigenvalue weighted by molar-refractivity contribution is 5.68. The van der Waals surface area contributed by atoms with E-state index < -0.39 is 5.60 Å². The van der Waals surface area contributed by atoms with E-state index in [4.69, 9.17) is 4.74 Å². The van der Waals surface area contributed by atoms with E-state index in [0.29, 0.717) is 6.04 Å². The highest BCUT2D eigenvalue weighted by Gasteiger charge is 2.25. The molecule has 0 bridgehead atoms. The minimum atomic E-state index is -0.432. The first-order valence-corrected chi connectivity index (χ1v) is 8.60. The predicted molar refractivity (Wildman–Crippen MR) is 90.2 cm³/mol. The number of nitrogens with zero attached hydrogens (tertiary/aromatic N) is 3. The summed E-state index contributed by atoms with van der Waals surface area (Å²) < 4.78 is 7.62. The molecule has 0 radical (unpaired) electrons. The summed E-state index contributed by atoms with van der Waals surface area (Å²) in [7, 11) is 0. The fraction of sp³-hybridized carbons (Fsp3) is 0.765. The van der Waals surface area contributed by atoms with Gasteiger partial charge in [0.25, 0.3) is 0 Å². The van der Waals surface area contributed by atoms with Crippen LogP contribution in [0.2, 0.25) is 0 Å². The molecule has 1 saturated heterocycles. The highest BCUT2D eigenvalue weighted by atomic mass is 16.6. The number of aryl methyl sites for hydroxylation is 1. The molecule has 1 amide bonds. The van der Waals surface area contributed by atoms with Crippen LogP contribution in [0.4, 0.5) is 4.79 Å². The number of ether oxygens (including phenoxy) is 1. The second-order valence-electron chi connectivity index (χ2n) is 7.11. The lowest BCUT2D eigenvalue weighted by Crippen LogP contribution is -2.38. The lowest BCUT2D eigenvalue weighted by Gasteiger charge is -2.26. The van der Waals surface area contributed by atoms with Crippen LogP contribution in [0.25, 0.3) is 0 Å². The summed E-state index contributed by atoms with van der Waals surface area (Å²) in [5, 5.41) is 3.58. The molecule has 0 aromatic carbocycles. The van der Waals surface area contributed by atoms with Crippen LogP contribution in [-0.2, 0) is 17.8 Å². The SMILES string of the molecule is CCn1ccnc1CNC1CCCN(C(=O)OC(C)(C)C)CC1. The fourth-order valence-corrected chi connectivity index (χ4v) is 2.84. The molecule has 23 heavy (non-hydrogen) atoms. The van der Waals surface area contributed by atoms with Crippen molar-refractivity contribution in [3.8, 4) is 0 Å². The zero-order valence-corrected chi connectivity index (χ0v) is 14.8. The third-order valence-electron chi connectivity index (χ3n) is 4.07. The van der Waals surface area contributed by atoms with Gasteiger partial charge in [-0.05, 0) is 47.0 Å². The summed E-state index contributed by atoms with van der Waals surface area (Å²) >= 11 is 0. The third-order valence-corrected chi connectivity index (χ3v) is 4.07. The Bertz CT molecular complexity index is 507. The average Bonchev–Trinajstić information content (AvgIpc) is 2.79. The van der Waals surface area contributed by atoms with Gasteiger partial charge in [-0.2, -0.15) is 0 Å². The zero-order valence-electron chi connectivity index (χ0n) is 14.8. The molecule has 1 aromatic heterocycles. The molecule has 1 unspecified atom stereocenters. The summed E-state index contributed by atoms with van der Waals surface area (Å²) in [6.07, 6.45) is 6.68. The Morgan fingerprint density at radius 2 is 2.17 bits per heavy atom. The lowest BCUT2D eigenvalue weighted by atomic mass is 10.1. The molecule has 0 spiro atoms. The van der Waals surface area contributed by atoms with Gasteiger partial charge in [-0.1, -0.05) is 0 Å². The Labute approximate surface area is 139 Å². The van der Waals surface area contributed by atoms with Crippen molar-refractivity contribution in [1.29, 1.82) is 0 Å². The number of hydrogen-bond donors (Lipinski definition) is 1. The van der Waals surface area contributed by atoms with Gasteiger partial charge in [-0.3, -0.25) is 0 Å². The molecular weight excluding hydrogens is 292 g/mol. The highest BCUT2D eigenvalue weighted by Crippen LogP contribution is 2.16. The smallest absolute Gasteiger partial charge is 0.410 e. The van der Waals surface area contributed by atoms with Crippen LogP contribution in [0.5, 0.6) is 0 Å². The number of imidazole rings is 1. The number of rotatable bonds is 4. The maximum atomic E-state index is 12.2. The van der Waals surface area contributed by atoms with E-state index in [2.05, 4.69) is 21.8 Å². The Balaban J connectivity index is 1.81. The van der Waals surface area contributed by atoms with Crippen molar-refractivity contribution in [3.05, 3.63) is 18.2 Å². The molecule has 1 N–H and O–H groups in total. The van der Waals surface area contributed by atoms with Crippen molar-refractivity contribution in [2.45, 2.75) is 71.7 Å². The number of carbonyl (C=O) groups is 1. The molecule has 6 nitrogen and oxygen atoms in total. The first-order chi connectivity index (χ1) is 10.9. The van der Waals surface area contributed by atoms with Gasteiger partial charge >= 0.3 is 6.09 Å². The molecule has 2 heterocycles. The number of aromatic nitrogens is 2. The van der Waals surface area contributed by atoms with Crippen molar-refractivity contribution in [2.24, 2.45) is 0 Å². The van der Waals surface area contributed by atoms with Gasteiger partial charge in [0.15, 0.2) is 0 Å². The van der Waals surface area contributed by atoms with Gasteiger partial charge in [-0.15, -0.1) is 0 Å². The van der Waals surface area contributed by atoms with E-state index in [1.807, 2.05) is 38.1 Å². The van der Waals surface area contributed by atoms with E-state index in [1.54, 1.807) is 0 Å². The van der Waals surface area contributed by atoms with Crippen LogP contribution in [0.1, 0.15) is 52.8 Å². The molecule has 2 rings (SSSR count). The number of nitrogens with one attached hydrogen (secondary N) is 1. The number of hydrogen-bond acceptors (Lipinski definition) is 4. The monoisotopic (exact) mass is 322 g/mol. The Hall–Kier alpha value is -1.56. The van der Waals surface area contributed by atoms with Crippen LogP contribution in [0.3, 0.4) is 0 Å². The molecule has 1 aromatic rings. The Kier molecular flexibility index (Phi) is 6.04. The molecule has 130 valence electrons. The van der Waals surface area contributed by atoms with E-state index in [0.717, 1.165) is 51.3 Å². The van der Waals surface area contributed by atoms with Gasteiger partial charge in [0.2, 0.25) is 0 Å². The quantitative estimate of drug-likeness (QED) is 0.926. The van der Waals surface area contributed by atoms with Crippen LogP contribution < -0.4 is 5.32 Å². The van der Waals surface area contributed by atoms with Gasteiger partial charge in [-0.25, -0.2) is 9.78 Å². The summed E-state index contributed by atoms with van der Waals surface area (Å²) in [5.74, 6) is 1.07. The first-order valence-electron chi connectivity index (χ1n) is 8.60. The fourth-order valence-electron chi connectivity index (χ4n) is 2.84. The summed E-state index contributed by atoms with van der Waals surface area (Å²) in [5.41, 5.74) is -0.432. The van der Waals surface area contributed by atoms with Crippen molar-refractivity contribution in [2.75, 3.05) is 13.1 Å². The minimum Gasteiger partial charge on any atom is -0.444 e. The molecule has 0 aliphatic carbocycles. The normalized spacial score (nSPS) is 19.5. The van der Waals surface area contributed by atoms with E-state index in [-0.39, 0.29) is 6.09 Å². The largest absolute Gasteiger partial charge is 0.444 e. The molecule has 1 atom stereocenters. The van der Waals surface area contributed by atoms with Crippen LogP contribution >= 0.6 is 0 Å². The molecule has 1 aliphatic heterocycles. The average molecular weight is 322 g/mol. The summed E-state index contributed by atoms with van der Waals surface area (Å²) in [6.45, 7) is 11.1. The van der Waals surface area contributed by atoms with E-state index >= 15 is 0 Å². The van der Waals surface area contributed by atoms with E-state index in [1.165, 1.54) is 0 Å². The third kappa shape index (κ3) is 5.53. The van der Waals surface area contributed by atoms with Crippen molar-refractivity contribution >= 4 is 6.09 Å². The molecule has 6 heteroatoms. The maximum Gasteiger partial charge on any atom is 0.410 e. The Morgan fingerprint density at radius 1 is 1.39 bits per heavy atom. The van der Waals surface area contributed by atoms with Crippen LogP contribution in [0.15, 0.2) is 12.4 Å². The van der Waals surface area contributed by atoms with Crippen LogP contribution in [0, 0.1) is 0 Å². The van der Waals surface area contributed by atoms with Gasteiger partial charge in [0, 0.05) is 38.1 Å². The molecule has 1 fully saturated rings. The van der Waals surface area contributed by atoms with Gasteiger partial charge in [0.1, 0.15) is 11.4 Å². The zero-order chi connectivity index (χ0) is 16.9. The summed E-state index contributed by atoms with van der Waals surface area (Å²) in [4.78, 5) is 18.4. The second kappa shape index (κ2) is 7.81. The van der Waals surface area contributed by atoms with Gasteiger partial charge < -0.3 is 19.5 Å². The Morgan fingerprint density at radius 3 is 2.87 bits per heavy atom.